The van der Waals surface area contributed by atoms with Gasteiger partial charge in [0.2, 0.25) is 0 Å². The van der Waals surface area contributed by atoms with Crippen LogP contribution in [0.2, 0.25) is 0 Å². The van der Waals surface area contributed by atoms with Gasteiger partial charge in [-0.15, -0.1) is 0 Å². The summed E-state index contributed by atoms with van der Waals surface area (Å²) in [5, 5.41) is 11.5. The van der Waals surface area contributed by atoms with E-state index in [0.717, 1.165) is 15.8 Å². The molecule has 2 N–H and O–H groups in total. The highest BCUT2D eigenvalue weighted by Gasteiger charge is 2.03. The highest BCUT2D eigenvalue weighted by Crippen LogP contribution is 2.23. The van der Waals surface area contributed by atoms with Crippen molar-refractivity contribution in [2.45, 2.75) is 13.0 Å². The van der Waals surface area contributed by atoms with Gasteiger partial charge in [0.25, 0.3) is 0 Å². The number of hydrogen-bond donors (Lipinski definition) is 2. The maximum absolute atomic E-state index is 10.3. The minimum Gasteiger partial charge on any atom is -0.496 e. The normalized spacial score (nSPS) is 10.1. The average Bonchev–Trinajstić information content (AvgIpc) is 2.25. The number of halogens is 1. The smallest absolute Gasteiger partial charge is 0.304 e. The second-order valence-corrected chi connectivity index (χ2v) is 4.19. The molecule has 0 fully saturated rings. The Kier molecular flexibility index (Phi) is 5.28. The molecule has 0 saturated heterocycles. The van der Waals surface area contributed by atoms with E-state index in [9.17, 15) is 4.79 Å². The van der Waals surface area contributed by atoms with Gasteiger partial charge in [0, 0.05) is 23.1 Å². The molecule has 0 unspecified atom stereocenters. The van der Waals surface area contributed by atoms with Crippen molar-refractivity contribution in [2.24, 2.45) is 0 Å². The summed E-state index contributed by atoms with van der Waals surface area (Å²) in [6.07, 6.45) is 0.124. The van der Waals surface area contributed by atoms with E-state index < -0.39 is 5.97 Å². The van der Waals surface area contributed by atoms with Gasteiger partial charge in [-0.3, -0.25) is 4.79 Å². The first-order chi connectivity index (χ1) is 7.63. The molecular formula is C11H14BrNO3. The zero-order valence-corrected chi connectivity index (χ0v) is 10.6. The van der Waals surface area contributed by atoms with Crippen molar-refractivity contribution in [3.05, 3.63) is 28.2 Å². The molecule has 0 amide bonds. The molecule has 1 rings (SSSR count). The molecule has 0 heterocycles. The molecular weight excluding hydrogens is 274 g/mol. The quantitative estimate of drug-likeness (QED) is 0.786. The third-order valence-corrected chi connectivity index (χ3v) is 2.57. The van der Waals surface area contributed by atoms with Gasteiger partial charge >= 0.3 is 5.97 Å². The van der Waals surface area contributed by atoms with E-state index in [2.05, 4.69) is 21.2 Å². The molecule has 0 aliphatic carbocycles. The fraction of sp³-hybridized carbons (Fsp3) is 0.364. The van der Waals surface area contributed by atoms with E-state index in [0.29, 0.717) is 13.1 Å². The zero-order chi connectivity index (χ0) is 12.0. The average molecular weight is 288 g/mol. The molecule has 1 aromatic rings. The van der Waals surface area contributed by atoms with E-state index in [1.807, 2.05) is 18.2 Å². The lowest BCUT2D eigenvalue weighted by Crippen LogP contribution is -2.17. The van der Waals surface area contributed by atoms with E-state index in [-0.39, 0.29) is 6.42 Å². The summed E-state index contributed by atoms with van der Waals surface area (Å²) in [5.74, 6) is -0.00697. The van der Waals surface area contributed by atoms with Crippen LogP contribution < -0.4 is 10.1 Å². The lowest BCUT2D eigenvalue weighted by molar-refractivity contribution is -0.136. The van der Waals surface area contributed by atoms with Crippen molar-refractivity contribution in [3.63, 3.8) is 0 Å². The maximum Gasteiger partial charge on any atom is 0.304 e. The number of carboxylic acid groups (broad SMARTS) is 1. The van der Waals surface area contributed by atoms with Crippen molar-refractivity contribution < 1.29 is 14.6 Å². The van der Waals surface area contributed by atoms with Crippen LogP contribution in [0.25, 0.3) is 0 Å². The monoisotopic (exact) mass is 287 g/mol. The number of rotatable bonds is 6. The van der Waals surface area contributed by atoms with Crippen LogP contribution in [0.5, 0.6) is 5.75 Å². The van der Waals surface area contributed by atoms with Crippen molar-refractivity contribution in [1.82, 2.24) is 5.32 Å². The lowest BCUT2D eigenvalue weighted by atomic mass is 10.2. The lowest BCUT2D eigenvalue weighted by Gasteiger charge is -2.09. The summed E-state index contributed by atoms with van der Waals surface area (Å²) in [5.41, 5.74) is 1.01. The number of methoxy groups -OCH3 is 1. The zero-order valence-electron chi connectivity index (χ0n) is 9.00. The molecule has 0 aromatic heterocycles. The summed E-state index contributed by atoms with van der Waals surface area (Å²) in [7, 11) is 1.61. The first-order valence-corrected chi connectivity index (χ1v) is 5.67. The van der Waals surface area contributed by atoms with Crippen LogP contribution in [0, 0.1) is 0 Å². The third kappa shape index (κ3) is 4.20. The molecule has 0 radical (unpaired) electrons. The highest BCUT2D eigenvalue weighted by molar-refractivity contribution is 9.10. The van der Waals surface area contributed by atoms with Gasteiger partial charge in [0.15, 0.2) is 0 Å². The molecule has 0 aliphatic heterocycles. The summed E-state index contributed by atoms with van der Waals surface area (Å²) >= 11 is 3.36. The number of carboxylic acids is 1. The van der Waals surface area contributed by atoms with Gasteiger partial charge in [-0.2, -0.15) is 0 Å². The fourth-order valence-electron chi connectivity index (χ4n) is 1.28. The molecule has 0 spiro atoms. The van der Waals surface area contributed by atoms with Crippen LogP contribution in [0.15, 0.2) is 22.7 Å². The van der Waals surface area contributed by atoms with Gasteiger partial charge in [-0.1, -0.05) is 22.0 Å². The minimum absolute atomic E-state index is 0.124. The predicted molar refractivity (Wildman–Crippen MR) is 64.7 cm³/mol. The summed E-state index contributed by atoms with van der Waals surface area (Å²) in [4.78, 5) is 10.3. The Bertz CT molecular complexity index is 368. The van der Waals surface area contributed by atoms with E-state index in [1.165, 1.54) is 0 Å². The minimum atomic E-state index is -0.796. The van der Waals surface area contributed by atoms with Gasteiger partial charge in [0.1, 0.15) is 5.75 Å². The molecule has 0 saturated carbocycles. The first kappa shape index (κ1) is 13.0. The van der Waals surface area contributed by atoms with Crippen molar-refractivity contribution in [3.8, 4) is 5.75 Å². The number of hydrogen-bond acceptors (Lipinski definition) is 3. The Morgan fingerprint density at radius 2 is 2.31 bits per heavy atom. The molecule has 0 aliphatic rings. The molecule has 4 nitrogen and oxygen atoms in total. The summed E-state index contributed by atoms with van der Waals surface area (Å²) in [6, 6.07) is 5.75. The Labute approximate surface area is 103 Å². The molecule has 1 aromatic carbocycles. The first-order valence-electron chi connectivity index (χ1n) is 4.88. The SMILES string of the molecule is COc1cc(Br)ccc1CNCCC(=O)O. The number of nitrogens with one attached hydrogen (secondary N) is 1. The summed E-state index contributed by atoms with van der Waals surface area (Å²) < 4.78 is 6.18. The third-order valence-electron chi connectivity index (χ3n) is 2.08. The van der Waals surface area contributed by atoms with Crippen LogP contribution in [-0.4, -0.2) is 24.7 Å². The van der Waals surface area contributed by atoms with Crippen LogP contribution >= 0.6 is 15.9 Å². The van der Waals surface area contributed by atoms with E-state index in [1.54, 1.807) is 7.11 Å². The fourth-order valence-corrected chi connectivity index (χ4v) is 1.62. The van der Waals surface area contributed by atoms with Crippen LogP contribution in [-0.2, 0) is 11.3 Å². The van der Waals surface area contributed by atoms with Crippen molar-refractivity contribution in [2.75, 3.05) is 13.7 Å². The Balaban J connectivity index is 2.50. The largest absolute Gasteiger partial charge is 0.496 e. The van der Waals surface area contributed by atoms with Gasteiger partial charge in [-0.25, -0.2) is 0 Å². The van der Waals surface area contributed by atoms with Gasteiger partial charge in [-0.05, 0) is 12.1 Å². The van der Waals surface area contributed by atoms with Gasteiger partial charge in [0.05, 0.1) is 13.5 Å². The summed E-state index contributed by atoms with van der Waals surface area (Å²) in [6.45, 7) is 1.05. The Morgan fingerprint density at radius 1 is 1.56 bits per heavy atom. The van der Waals surface area contributed by atoms with Crippen LogP contribution in [0.3, 0.4) is 0 Å². The Hall–Kier alpha value is -1.07. The molecule has 16 heavy (non-hydrogen) atoms. The second-order valence-electron chi connectivity index (χ2n) is 3.28. The number of carbonyl (C=O) groups is 1. The van der Waals surface area contributed by atoms with Crippen LogP contribution in [0.1, 0.15) is 12.0 Å². The molecule has 88 valence electrons. The van der Waals surface area contributed by atoms with E-state index >= 15 is 0 Å². The highest BCUT2D eigenvalue weighted by atomic mass is 79.9. The van der Waals surface area contributed by atoms with Gasteiger partial charge < -0.3 is 15.2 Å². The standard InChI is InChI=1S/C11H14BrNO3/c1-16-10-6-9(12)3-2-8(10)7-13-5-4-11(14)15/h2-3,6,13H,4-5,7H2,1H3,(H,14,15). The van der Waals surface area contributed by atoms with E-state index in [4.69, 9.17) is 9.84 Å². The number of ether oxygens (including phenoxy) is 1. The van der Waals surface area contributed by atoms with Crippen LogP contribution in [0.4, 0.5) is 0 Å². The maximum atomic E-state index is 10.3. The molecule has 0 atom stereocenters. The van der Waals surface area contributed by atoms with Crippen molar-refractivity contribution in [1.29, 1.82) is 0 Å². The number of aliphatic carboxylic acids is 1. The topological polar surface area (TPSA) is 58.6 Å². The van der Waals surface area contributed by atoms with Crippen molar-refractivity contribution >= 4 is 21.9 Å². The second kappa shape index (κ2) is 6.50. The molecule has 0 bridgehead atoms. The Morgan fingerprint density at radius 3 is 2.94 bits per heavy atom. The number of benzene rings is 1. The molecule has 5 heteroatoms. The predicted octanol–water partition coefficient (Wildman–Crippen LogP) is 2.02.